The van der Waals surface area contributed by atoms with Gasteiger partial charge in [-0.15, -0.1) is 0 Å². The van der Waals surface area contributed by atoms with Crippen LogP contribution in [0.4, 0.5) is 18.0 Å². The predicted molar refractivity (Wildman–Crippen MR) is 26.6 cm³/mol. The zero-order chi connectivity index (χ0) is 8.48. The van der Waals surface area contributed by atoms with Gasteiger partial charge in [-0.3, -0.25) is 0 Å². The molecular weight excluding hydrogens is 165 g/mol. The van der Waals surface area contributed by atoms with Crippen LogP contribution in [-0.4, -0.2) is 18.9 Å². The topological polar surface area (TPSA) is 35.5 Å². The van der Waals surface area contributed by atoms with E-state index in [4.69, 9.17) is 0 Å². The molecule has 11 heavy (non-hydrogen) atoms. The molecule has 0 aromatic carbocycles. The maximum Gasteiger partial charge on any atom is 0.514 e. The van der Waals surface area contributed by atoms with E-state index in [9.17, 15) is 18.0 Å². The molecule has 1 heterocycles. The molecule has 1 rings (SSSR count). The Hall–Kier alpha value is -1.20. The van der Waals surface area contributed by atoms with Crippen molar-refractivity contribution in [1.82, 2.24) is 0 Å². The predicted octanol–water partition coefficient (Wildman–Crippen LogP) is 1.60. The van der Waals surface area contributed by atoms with E-state index < -0.39 is 24.7 Å². The molecule has 1 aliphatic heterocycles. The summed E-state index contributed by atoms with van der Waals surface area (Å²) in [7, 11) is 0. The third kappa shape index (κ3) is 1.86. The lowest BCUT2D eigenvalue weighted by Gasteiger charge is -2.14. The van der Waals surface area contributed by atoms with Crippen LogP contribution in [0.25, 0.3) is 0 Å². The van der Waals surface area contributed by atoms with Gasteiger partial charge in [0.1, 0.15) is 6.61 Å². The second-order valence-electron chi connectivity index (χ2n) is 1.73. The van der Waals surface area contributed by atoms with Gasteiger partial charge in [-0.05, 0) is 0 Å². The molecule has 1 aliphatic rings. The summed E-state index contributed by atoms with van der Waals surface area (Å²) in [5.74, 6) is -1.31. The summed E-state index contributed by atoms with van der Waals surface area (Å²) in [4.78, 5) is 10.1. The first-order chi connectivity index (χ1) is 5.00. The van der Waals surface area contributed by atoms with Crippen LogP contribution in [-0.2, 0) is 9.47 Å². The summed E-state index contributed by atoms with van der Waals surface area (Å²) in [6.45, 7) is -0.395. The Labute approximate surface area is 59.4 Å². The van der Waals surface area contributed by atoms with Gasteiger partial charge >= 0.3 is 12.3 Å². The minimum atomic E-state index is -4.61. The molecule has 0 N–H and O–H groups in total. The van der Waals surface area contributed by atoms with Crippen molar-refractivity contribution in [1.29, 1.82) is 0 Å². The Morgan fingerprint density at radius 3 is 2.45 bits per heavy atom. The maximum absolute atomic E-state index is 11.7. The molecular formula is C5H3F3O3. The van der Waals surface area contributed by atoms with Crippen LogP contribution in [0.3, 0.4) is 0 Å². The van der Waals surface area contributed by atoms with Gasteiger partial charge in [-0.2, -0.15) is 13.2 Å². The molecule has 62 valence electrons. The number of halogens is 3. The molecule has 0 fully saturated rings. The summed E-state index contributed by atoms with van der Waals surface area (Å²) in [5, 5.41) is 0. The molecule has 0 aliphatic carbocycles. The number of ether oxygens (including phenoxy) is 2. The normalized spacial score (nSPS) is 18.5. The van der Waals surface area contributed by atoms with Gasteiger partial charge in [0.2, 0.25) is 5.76 Å². The first kappa shape index (κ1) is 7.90. The van der Waals surface area contributed by atoms with Crippen LogP contribution < -0.4 is 0 Å². The highest BCUT2D eigenvalue weighted by molar-refractivity contribution is 5.62. The average molecular weight is 168 g/mol. The summed E-state index contributed by atoms with van der Waals surface area (Å²) < 4.78 is 42.9. The molecule has 0 atom stereocenters. The maximum atomic E-state index is 11.7. The van der Waals surface area contributed by atoms with E-state index >= 15 is 0 Å². The fourth-order valence-electron chi connectivity index (χ4n) is 0.520. The van der Waals surface area contributed by atoms with E-state index in [-0.39, 0.29) is 0 Å². The molecule has 0 saturated heterocycles. The number of carbonyl (C=O) groups is 1. The summed E-state index contributed by atoms with van der Waals surface area (Å²) in [6.07, 6.45) is -5.28. The van der Waals surface area contributed by atoms with E-state index in [1.54, 1.807) is 0 Å². The molecule has 0 amide bonds. The Morgan fingerprint density at radius 2 is 2.09 bits per heavy atom. The van der Waals surface area contributed by atoms with E-state index in [1.807, 2.05) is 0 Å². The fraction of sp³-hybridized carbons (Fsp3) is 0.400. The van der Waals surface area contributed by atoms with Gasteiger partial charge < -0.3 is 9.47 Å². The second kappa shape index (κ2) is 2.44. The molecule has 0 bridgehead atoms. The average Bonchev–Trinajstić information content (AvgIpc) is 1.86. The Balaban J connectivity index is 2.73. The molecule has 0 aromatic rings. The van der Waals surface area contributed by atoms with Crippen LogP contribution in [0, 0.1) is 0 Å². The lowest BCUT2D eigenvalue weighted by atomic mass is 10.4. The van der Waals surface area contributed by atoms with Gasteiger partial charge in [-0.25, -0.2) is 4.79 Å². The van der Waals surface area contributed by atoms with Crippen LogP contribution in [0.15, 0.2) is 11.8 Å². The summed E-state index contributed by atoms with van der Waals surface area (Å²) >= 11 is 0. The second-order valence-corrected chi connectivity index (χ2v) is 1.73. The molecule has 0 radical (unpaired) electrons. The van der Waals surface area contributed by atoms with Crippen molar-refractivity contribution in [3.05, 3.63) is 11.8 Å². The van der Waals surface area contributed by atoms with Gasteiger partial charge in [-0.1, -0.05) is 0 Å². The number of carbonyl (C=O) groups excluding carboxylic acids is 1. The molecule has 6 heteroatoms. The van der Waals surface area contributed by atoms with Crippen LogP contribution >= 0.6 is 0 Å². The standard InChI is InChI=1S/C5H3F3O3/c6-5(7,8)3-1-2-10-4(9)11-3/h1H,2H2. The highest BCUT2D eigenvalue weighted by Gasteiger charge is 2.39. The minimum absolute atomic E-state index is 0.395. The van der Waals surface area contributed by atoms with Crippen molar-refractivity contribution in [2.24, 2.45) is 0 Å². The number of hydrogen-bond donors (Lipinski definition) is 0. The van der Waals surface area contributed by atoms with Crippen LogP contribution in [0.5, 0.6) is 0 Å². The van der Waals surface area contributed by atoms with Gasteiger partial charge in [0.25, 0.3) is 0 Å². The lowest BCUT2D eigenvalue weighted by molar-refractivity contribution is -0.129. The summed E-state index contributed by atoms with van der Waals surface area (Å²) in [5.41, 5.74) is 0. The Morgan fingerprint density at radius 1 is 1.45 bits per heavy atom. The number of rotatable bonds is 0. The van der Waals surface area contributed by atoms with Crippen molar-refractivity contribution < 1.29 is 27.4 Å². The van der Waals surface area contributed by atoms with Crippen LogP contribution in [0.2, 0.25) is 0 Å². The summed E-state index contributed by atoms with van der Waals surface area (Å²) in [6, 6.07) is 0. The quantitative estimate of drug-likeness (QED) is 0.515. The Kier molecular flexibility index (Phi) is 1.76. The monoisotopic (exact) mass is 168 g/mol. The Bertz CT molecular complexity index is 206. The highest BCUT2D eigenvalue weighted by Crippen LogP contribution is 2.28. The molecule has 3 nitrogen and oxygen atoms in total. The molecule has 0 saturated carbocycles. The van der Waals surface area contributed by atoms with E-state index in [0.717, 1.165) is 0 Å². The molecule has 0 spiro atoms. The number of hydrogen-bond acceptors (Lipinski definition) is 3. The van der Waals surface area contributed by atoms with Crippen molar-refractivity contribution in [2.45, 2.75) is 6.18 Å². The third-order valence-corrected chi connectivity index (χ3v) is 0.943. The van der Waals surface area contributed by atoms with Gasteiger partial charge in [0, 0.05) is 6.08 Å². The van der Waals surface area contributed by atoms with Crippen molar-refractivity contribution in [3.8, 4) is 0 Å². The number of cyclic esters (lactones) is 2. The highest BCUT2D eigenvalue weighted by atomic mass is 19.4. The van der Waals surface area contributed by atoms with Gasteiger partial charge in [0.15, 0.2) is 0 Å². The zero-order valence-electron chi connectivity index (χ0n) is 5.14. The van der Waals surface area contributed by atoms with Crippen LogP contribution in [0.1, 0.15) is 0 Å². The van der Waals surface area contributed by atoms with E-state index in [1.165, 1.54) is 0 Å². The number of allylic oxidation sites excluding steroid dienone is 1. The lowest BCUT2D eigenvalue weighted by Crippen LogP contribution is -2.23. The fourth-order valence-corrected chi connectivity index (χ4v) is 0.520. The van der Waals surface area contributed by atoms with E-state index in [0.29, 0.717) is 6.08 Å². The third-order valence-electron chi connectivity index (χ3n) is 0.943. The van der Waals surface area contributed by atoms with Crippen molar-refractivity contribution in [3.63, 3.8) is 0 Å². The van der Waals surface area contributed by atoms with E-state index in [2.05, 4.69) is 9.47 Å². The SMILES string of the molecule is O=C1OCC=C(C(F)(F)F)O1. The van der Waals surface area contributed by atoms with Gasteiger partial charge in [0.05, 0.1) is 0 Å². The molecule has 0 aromatic heterocycles. The first-order valence-electron chi connectivity index (χ1n) is 2.62. The largest absolute Gasteiger partial charge is 0.514 e. The number of alkyl halides is 3. The minimum Gasteiger partial charge on any atom is -0.430 e. The first-order valence-corrected chi connectivity index (χ1v) is 2.62. The zero-order valence-corrected chi connectivity index (χ0v) is 5.14. The van der Waals surface area contributed by atoms with Crippen molar-refractivity contribution >= 4 is 6.16 Å². The molecule has 0 unspecified atom stereocenters. The van der Waals surface area contributed by atoms with Crippen molar-refractivity contribution in [2.75, 3.05) is 6.61 Å². The smallest absolute Gasteiger partial charge is 0.430 e.